The maximum Gasteiger partial charge on any atom is 0.128 e. The van der Waals surface area contributed by atoms with E-state index in [1.807, 2.05) is 20.0 Å². The molecule has 0 aliphatic heterocycles. The fraction of sp³-hybridized carbons (Fsp3) is 0.375. The van der Waals surface area contributed by atoms with Gasteiger partial charge in [0.05, 0.1) is 6.61 Å². The summed E-state index contributed by atoms with van der Waals surface area (Å²) >= 11 is 0. The molecule has 1 aromatic heterocycles. The Kier molecular flexibility index (Phi) is 2.44. The molecule has 1 rings (SSSR count). The number of rotatable bonds is 2. The van der Waals surface area contributed by atoms with Crippen molar-refractivity contribution in [2.24, 2.45) is 0 Å². The van der Waals surface area contributed by atoms with Crippen LogP contribution in [0.4, 0.5) is 5.82 Å². The highest BCUT2D eigenvalue weighted by Gasteiger charge is 1.97. The second-order valence-corrected chi connectivity index (χ2v) is 2.42. The van der Waals surface area contributed by atoms with Crippen LogP contribution >= 0.6 is 0 Å². The SMILES string of the molecule is CNc1ncc(CO)cc1C. The standard InChI is InChI=1S/C8H12N2O/c1-6-3-7(5-11)4-10-8(6)9-2/h3-4,11H,5H2,1-2H3,(H,9,10). The first kappa shape index (κ1) is 8.01. The molecule has 0 fully saturated rings. The van der Waals surface area contributed by atoms with Crippen molar-refractivity contribution in [1.29, 1.82) is 0 Å². The quantitative estimate of drug-likeness (QED) is 0.662. The molecule has 1 aromatic rings. The Morgan fingerprint density at radius 2 is 2.36 bits per heavy atom. The fourth-order valence-electron chi connectivity index (χ4n) is 0.981. The molecule has 0 spiro atoms. The van der Waals surface area contributed by atoms with E-state index >= 15 is 0 Å². The molecule has 0 radical (unpaired) electrons. The first-order valence-electron chi connectivity index (χ1n) is 3.52. The minimum atomic E-state index is 0.0534. The monoisotopic (exact) mass is 152 g/mol. The van der Waals surface area contributed by atoms with Crippen molar-refractivity contribution in [3.63, 3.8) is 0 Å². The maximum atomic E-state index is 8.77. The average Bonchev–Trinajstić information content (AvgIpc) is 2.04. The predicted molar refractivity (Wildman–Crippen MR) is 44.4 cm³/mol. The van der Waals surface area contributed by atoms with E-state index in [1.54, 1.807) is 6.20 Å². The van der Waals surface area contributed by atoms with Crippen molar-refractivity contribution in [3.05, 3.63) is 23.4 Å². The van der Waals surface area contributed by atoms with E-state index in [1.165, 1.54) is 0 Å². The van der Waals surface area contributed by atoms with Gasteiger partial charge in [-0.1, -0.05) is 0 Å². The lowest BCUT2D eigenvalue weighted by atomic mass is 10.2. The van der Waals surface area contributed by atoms with Crippen LogP contribution in [0.15, 0.2) is 12.3 Å². The van der Waals surface area contributed by atoms with Crippen LogP contribution in [-0.2, 0) is 6.61 Å². The van der Waals surface area contributed by atoms with Crippen LogP contribution in [-0.4, -0.2) is 17.1 Å². The Morgan fingerprint density at radius 3 is 2.82 bits per heavy atom. The van der Waals surface area contributed by atoms with Gasteiger partial charge in [0.1, 0.15) is 5.82 Å². The van der Waals surface area contributed by atoms with E-state index in [0.717, 1.165) is 16.9 Å². The molecule has 0 bridgehead atoms. The van der Waals surface area contributed by atoms with Crippen LogP contribution in [0.2, 0.25) is 0 Å². The van der Waals surface area contributed by atoms with Crippen molar-refractivity contribution in [1.82, 2.24) is 4.98 Å². The molecule has 3 nitrogen and oxygen atoms in total. The van der Waals surface area contributed by atoms with Gasteiger partial charge in [0.2, 0.25) is 0 Å². The summed E-state index contributed by atoms with van der Waals surface area (Å²) in [6.07, 6.45) is 1.67. The Labute approximate surface area is 66.1 Å². The number of hydrogen-bond acceptors (Lipinski definition) is 3. The summed E-state index contributed by atoms with van der Waals surface area (Å²) in [5.74, 6) is 0.863. The fourth-order valence-corrected chi connectivity index (χ4v) is 0.981. The van der Waals surface area contributed by atoms with Crippen molar-refractivity contribution in [3.8, 4) is 0 Å². The third kappa shape index (κ3) is 1.68. The van der Waals surface area contributed by atoms with Crippen molar-refractivity contribution in [2.75, 3.05) is 12.4 Å². The van der Waals surface area contributed by atoms with Gasteiger partial charge in [-0.25, -0.2) is 4.98 Å². The van der Waals surface area contributed by atoms with Gasteiger partial charge in [0, 0.05) is 13.2 Å². The molecular formula is C8H12N2O. The van der Waals surface area contributed by atoms with Gasteiger partial charge in [-0.05, 0) is 24.1 Å². The Hall–Kier alpha value is -1.09. The van der Waals surface area contributed by atoms with E-state index in [2.05, 4.69) is 10.3 Å². The second-order valence-electron chi connectivity index (χ2n) is 2.42. The van der Waals surface area contributed by atoms with E-state index in [9.17, 15) is 0 Å². The van der Waals surface area contributed by atoms with Crippen LogP contribution < -0.4 is 5.32 Å². The number of nitrogens with zero attached hydrogens (tertiary/aromatic N) is 1. The van der Waals surface area contributed by atoms with Crippen molar-refractivity contribution >= 4 is 5.82 Å². The minimum absolute atomic E-state index is 0.0534. The molecule has 0 atom stereocenters. The Bertz CT molecular complexity index is 248. The molecule has 0 aliphatic carbocycles. The third-order valence-corrected chi connectivity index (χ3v) is 1.55. The summed E-state index contributed by atoms with van der Waals surface area (Å²) in [5, 5.41) is 11.7. The normalized spacial score (nSPS) is 9.73. The van der Waals surface area contributed by atoms with Crippen LogP contribution in [0, 0.1) is 6.92 Å². The first-order valence-corrected chi connectivity index (χ1v) is 3.52. The van der Waals surface area contributed by atoms with Crippen LogP contribution in [0.3, 0.4) is 0 Å². The van der Waals surface area contributed by atoms with E-state index < -0.39 is 0 Å². The number of pyridine rings is 1. The van der Waals surface area contributed by atoms with Gasteiger partial charge in [0.15, 0.2) is 0 Å². The first-order chi connectivity index (χ1) is 5.27. The van der Waals surface area contributed by atoms with Gasteiger partial charge in [-0.3, -0.25) is 0 Å². The number of nitrogens with one attached hydrogen (secondary N) is 1. The highest BCUT2D eigenvalue weighted by atomic mass is 16.3. The molecule has 0 unspecified atom stereocenters. The van der Waals surface area contributed by atoms with E-state index in [4.69, 9.17) is 5.11 Å². The van der Waals surface area contributed by atoms with Gasteiger partial charge in [0.25, 0.3) is 0 Å². The zero-order valence-corrected chi connectivity index (χ0v) is 6.76. The topological polar surface area (TPSA) is 45.2 Å². The summed E-state index contributed by atoms with van der Waals surface area (Å²) in [6.45, 7) is 2.01. The highest BCUT2D eigenvalue weighted by Crippen LogP contribution is 2.11. The summed E-state index contributed by atoms with van der Waals surface area (Å²) in [5.41, 5.74) is 1.90. The maximum absolute atomic E-state index is 8.77. The molecule has 0 saturated carbocycles. The lowest BCUT2D eigenvalue weighted by molar-refractivity contribution is 0.281. The second kappa shape index (κ2) is 3.34. The Balaban J connectivity index is 2.99. The molecular weight excluding hydrogens is 140 g/mol. The molecule has 0 saturated heterocycles. The van der Waals surface area contributed by atoms with E-state index in [-0.39, 0.29) is 6.61 Å². The summed E-state index contributed by atoms with van der Waals surface area (Å²) in [4.78, 5) is 4.10. The lowest BCUT2D eigenvalue weighted by Crippen LogP contribution is -1.96. The summed E-state index contributed by atoms with van der Waals surface area (Å²) in [7, 11) is 1.83. The molecule has 11 heavy (non-hydrogen) atoms. The highest BCUT2D eigenvalue weighted by molar-refractivity contribution is 5.43. The molecule has 2 N–H and O–H groups in total. The van der Waals surface area contributed by atoms with Crippen LogP contribution in [0.1, 0.15) is 11.1 Å². The van der Waals surface area contributed by atoms with E-state index in [0.29, 0.717) is 0 Å². The van der Waals surface area contributed by atoms with Gasteiger partial charge < -0.3 is 10.4 Å². The smallest absolute Gasteiger partial charge is 0.128 e. The number of hydrogen-bond donors (Lipinski definition) is 2. The largest absolute Gasteiger partial charge is 0.392 e. The van der Waals surface area contributed by atoms with Crippen molar-refractivity contribution < 1.29 is 5.11 Å². The molecule has 0 amide bonds. The number of aliphatic hydroxyl groups is 1. The predicted octanol–water partition coefficient (Wildman–Crippen LogP) is 0.924. The number of aliphatic hydroxyl groups excluding tert-OH is 1. The zero-order chi connectivity index (χ0) is 8.27. The van der Waals surface area contributed by atoms with Gasteiger partial charge >= 0.3 is 0 Å². The number of anilines is 1. The minimum Gasteiger partial charge on any atom is -0.392 e. The third-order valence-electron chi connectivity index (χ3n) is 1.55. The molecule has 3 heteroatoms. The van der Waals surface area contributed by atoms with Crippen molar-refractivity contribution in [2.45, 2.75) is 13.5 Å². The number of aromatic nitrogens is 1. The summed E-state index contributed by atoms with van der Waals surface area (Å²) in [6, 6.07) is 1.92. The molecule has 0 aromatic carbocycles. The molecule has 1 heterocycles. The zero-order valence-electron chi connectivity index (χ0n) is 6.76. The number of aryl methyl sites for hydroxylation is 1. The Morgan fingerprint density at radius 1 is 1.64 bits per heavy atom. The van der Waals surface area contributed by atoms with Crippen LogP contribution in [0.25, 0.3) is 0 Å². The van der Waals surface area contributed by atoms with Crippen LogP contribution in [0.5, 0.6) is 0 Å². The average molecular weight is 152 g/mol. The lowest BCUT2D eigenvalue weighted by Gasteiger charge is -2.04. The van der Waals surface area contributed by atoms with Gasteiger partial charge in [-0.2, -0.15) is 0 Å². The molecule has 0 aliphatic rings. The van der Waals surface area contributed by atoms with Gasteiger partial charge in [-0.15, -0.1) is 0 Å². The summed E-state index contributed by atoms with van der Waals surface area (Å²) < 4.78 is 0. The molecule has 60 valence electrons.